The van der Waals surface area contributed by atoms with Crippen LogP contribution in [0.15, 0.2) is 24.5 Å². The first kappa shape index (κ1) is 21.5. The van der Waals surface area contributed by atoms with Crippen molar-refractivity contribution in [1.82, 2.24) is 9.97 Å². The number of nitrogens with one attached hydrogen (secondary N) is 1. The van der Waals surface area contributed by atoms with Gasteiger partial charge in [-0.1, -0.05) is 6.07 Å². The molecule has 3 heterocycles. The van der Waals surface area contributed by atoms with E-state index in [1.807, 2.05) is 0 Å². The number of hydrogen-bond donors (Lipinski definition) is 1. The second kappa shape index (κ2) is 8.40. The van der Waals surface area contributed by atoms with Crippen LogP contribution in [0.5, 0.6) is 11.5 Å². The lowest BCUT2D eigenvalue weighted by atomic mass is 9.97. The molecule has 1 saturated heterocycles. The summed E-state index contributed by atoms with van der Waals surface area (Å²) in [5, 5.41) is 14.6. The van der Waals surface area contributed by atoms with Crippen molar-refractivity contribution in [2.24, 2.45) is 5.92 Å². The Morgan fingerprint density at radius 3 is 2.78 bits per heavy atom. The van der Waals surface area contributed by atoms with Gasteiger partial charge in [0.15, 0.2) is 11.5 Å². The fourth-order valence-corrected chi connectivity index (χ4v) is 3.64. The number of anilines is 3. The molecule has 0 radical (unpaired) electrons. The van der Waals surface area contributed by atoms with Crippen LogP contribution in [0.2, 0.25) is 0 Å². The molecule has 0 aliphatic carbocycles. The van der Waals surface area contributed by atoms with Crippen LogP contribution >= 0.6 is 0 Å². The average Bonchev–Trinajstić information content (AvgIpc) is 3.08. The number of para-hydroxylation sites is 1. The first-order valence-corrected chi connectivity index (χ1v) is 9.86. The minimum absolute atomic E-state index is 0.0217. The molecule has 0 atom stereocenters. The molecular formula is C19H19F2N5O6. The van der Waals surface area contributed by atoms with Gasteiger partial charge in [-0.2, -0.15) is 0 Å². The highest BCUT2D eigenvalue weighted by Crippen LogP contribution is 2.47. The van der Waals surface area contributed by atoms with Gasteiger partial charge in [-0.25, -0.2) is 9.97 Å². The maximum atomic E-state index is 13.5. The smallest absolute Gasteiger partial charge is 0.466 e. The number of carbonyl (C=O) groups excluding carboxylic acids is 1. The molecule has 11 nitrogen and oxygen atoms in total. The molecule has 0 unspecified atom stereocenters. The van der Waals surface area contributed by atoms with E-state index in [4.69, 9.17) is 4.74 Å². The van der Waals surface area contributed by atoms with Gasteiger partial charge in [0.1, 0.15) is 6.33 Å². The lowest BCUT2D eigenvalue weighted by Gasteiger charge is -2.31. The molecule has 0 amide bonds. The van der Waals surface area contributed by atoms with Gasteiger partial charge in [-0.05, 0) is 31.9 Å². The third kappa shape index (κ3) is 4.18. The van der Waals surface area contributed by atoms with Crippen molar-refractivity contribution in [1.29, 1.82) is 0 Å². The number of esters is 1. The van der Waals surface area contributed by atoms with Crippen LogP contribution in [-0.2, 0) is 9.53 Å². The zero-order valence-electron chi connectivity index (χ0n) is 16.9. The Bertz CT molecular complexity index is 1040. The third-order valence-corrected chi connectivity index (χ3v) is 5.08. The summed E-state index contributed by atoms with van der Waals surface area (Å²) in [5.41, 5.74) is -0.404. The van der Waals surface area contributed by atoms with Crippen molar-refractivity contribution in [2.75, 3.05) is 29.9 Å². The number of benzene rings is 1. The van der Waals surface area contributed by atoms with Gasteiger partial charge in [0.05, 0.1) is 23.1 Å². The van der Waals surface area contributed by atoms with Crippen LogP contribution in [0.3, 0.4) is 0 Å². The number of piperidine rings is 1. The number of fused-ring (bicyclic) bond motifs is 1. The Labute approximate surface area is 180 Å². The Morgan fingerprint density at radius 2 is 2.09 bits per heavy atom. The molecule has 2 aliphatic heterocycles. The molecule has 13 heteroatoms. The van der Waals surface area contributed by atoms with Crippen molar-refractivity contribution < 1.29 is 32.7 Å². The van der Waals surface area contributed by atoms with E-state index in [-0.39, 0.29) is 47.3 Å². The Hall–Kier alpha value is -3.77. The molecule has 1 fully saturated rings. The van der Waals surface area contributed by atoms with Gasteiger partial charge < -0.3 is 24.4 Å². The van der Waals surface area contributed by atoms with E-state index < -0.39 is 16.9 Å². The van der Waals surface area contributed by atoms with E-state index in [1.165, 1.54) is 18.2 Å². The van der Waals surface area contributed by atoms with Crippen LogP contribution in [0.25, 0.3) is 0 Å². The summed E-state index contributed by atoms with van der Waals surface area (Å²) in [5.74, 6) is -1.20. The van der Waals surface area contributed by atoms with Crippen molar-refractivity contribution in [3.8, 4) is 11.5 Å². The number of alkyl halides is 2. The van der Waals surface area contributed by atoms with E-state index in [0.29, 0.717) is 25.9 Å². The first-order valence-electron chi connectivity index (χ1n) is 9.86. The number of nitrogens with zero attached hydrogens (tertiary/aromatic N) is 4. The highest BCUT2D eigenvalue weighted by Gasteiger charge is 2.45. The summed E-state index contributed by atoms with van der Waals surface area (Å²) in [4.78, 5) is 32.9. The molecule has 0 saturated carbocycles. The molecular weight excluding hydrogens is 432 g/mol. The number of carbonyl (C=O) groups is 1. The molecule has 1 N–H and O–H groups in total. The summed E-state index contributed by atoms with van der Waals surface area (Å²) < 4.78 is 40.9. The predicted molar refractivity (Wildman–Crippen MR) is 106 cm³/mol. The maximum Gasteiger partial charge on any atom is 0.586 e. The standard InChI is InChI=1S/C19H19F2N5O6/c1-2-30-18(27)11-6-8-25(9-7-11)17-14(26(28)29)16(22-10-23-17)24-12-4-3-5-13-15(12)32-19(20,21)31-13/h3-5,10-11H,2,6-9H2,1H3,(H,22,23,24). The summed E-state index contributed by atoms with van der Waals surface area (Å²) in [6.07, 6.45) is -1.80. The molecule has 32 heavy (non-hydrogen) atoms. The van der Waals surface area contributed by atoms with Gasteiger partial charge in [-0.3, -0.25) is 14.9 Å². The summed E-state index contributed by atoms with van der Waals surface area (Å²) in [6.45, 7) is 2.72. The molecule has 170 valence electrons. The Kier molecular flexibility index (Phi) is 5.63. The number of hydrogen-bond acceptors (Lipinski definition) is 10. The van der Waals surface area contributed by atoms with E-state index >= 15 is 0 Å². The van der Waals surface area contributed by atoms with Gasteiger partial charge >= 0.3 is 18.0 Å². The summed E-state index contributed by atoms with van der Waals surface area (Å²) in [7, 11) is 0. The minimum Gasteiger partial charge on any atom is -0.466 e. The Balaban J connectivity index is 1.59. The largest absolute Gasteiger partial charge is 0.586 e. The molecule has 4 rings (SSSR count). The van der Waals surface area contributed by atoms with Crippen molar-refractivity contribution in [3.05, 3.63) is 34.6 Å². The quantitative estimate of drug-likeness (QED) is 0.397. The highest BCUT2D eigenvalue weighted by molar-refractivity contribution is 5.78. The van der Waals surface area contributed by atoms with E-state index in [9.17, 15) is 23.7 Å². The highest BCUT2D eigenvalue weighted by atomic mass is 19.3. The second-order valence-electron chi connectivity index (χ2n) is 7.09. The van der Waals surface area contributed by atoms with Crippen molar-refractivity contribution in [2.45, 2.75) is 26.1 Å². The normalized spacial score (nSPS) is 17.2. The molecule has 1 aromatic carbocycles. The van der Waals surface area contributed by atoms with Gasteiger partial charge in [0.25, 0.3) is 0 Å². The molecule has 2 aliphatic rings. The SMILES string of the molecule is CCOC(=O)C1CCN(c2ncnc(Nc3cccc4c3OC(F)(F)O4)c2[N+](=O)[O-])CC1. The minimum atomic E-state index is -3.84. The fraction of sp³-hybridized carbons (Fsp3) is 0.421. The second-order valence-corrected chi connectivity index (χ2v) is 7.09. The van der Waals surface area contributed by atoms with E-state index in [2.05, 4.69) is 24.8 Å². The van der Waals surface area contributed by atoms with Gasteiger partial charge in [0, 0.05) is 13.1 Å². The van der Waals surface area contributed by atoms with Crippen LogP contribution in [-0.4, -0.2) is 46.9 Å². The number of aromatic nitrogens is 2. The number of nitro groups is 1. The maximum absolute atomic E-state index is 13.5. The topological polar surface area (TPSA) is 129 Å². The molecule has 0 spiro atoms. The first-order chi connectivity index (χ1) is 15.3. The molecule has 2 aromatic rings. The zero-order valence-corrected chi connectivity index (χ0v) is 16.9. The zero-order chi connectivity index (χ0) is 22.9. The number of halogens is 2. The van der Waals surface area contributed by atoms with Crippen molar-refractivity contribution in [3.63, 3.8) is 0 Å². The van der Waals surface area contributed by atoms with Crippen LogP contribution in [0, 0.1) is 16.0 Å². The lowest BCUT2D eigenvalue weighted by Crippen LogP contribution is -2.37. The van der Waals surface area contributed by atoms with Gasteiger partial charge in [0.2, 0.25) is 11.6 Å². The summed E-state index contributed by atoms with van der Waals surface area (Å²) >= 11 is 0. The number of rotatable bonds is 6. The number of ether oxygens (including phenoxy) is 3. The van der Waals surface area contributed by atoms with E-state index in [0.717, 1.165) is 6.33 Å². The van der Waals surface area contributed by atoms with Gasteiger partial charge in [-0.15, -0.1) is 8.78 Å². The van der Waals surface area contributed by atoms with Crippen LogP contribution < -0.4 is 19.7 Å². The fourth-order valence-electron chi connectivity index (χ4n) is 3.64. The average molecular weight is 451 g/mol. The van der Waals surface area contributed by atoms with E-state index in [1.54, 1.807) is 11.8 Å². The van der Waals surface area contributed by atoms with Crippen LogP contribution in [0.1, 0.15) is 19.8 Å². The monoisotopic (exact) mass is 451 g/mol. The lowest BCUT2D eigenvalue weighted by molar-refractivity contribution is -0.383. The third-order valence-electron chi connectivity index (χ3n) is 5.08. The van der Waals surface area contributed by atoms with Crippen LogP contribution in [0.4, 0.5) is 31.8 Å². The predicted octanol–water partition coefficient (Wildman–Crippen LogP) is 3.23. The Morgan fingerprint density at radius 1 is 1.34 bits per heavy atom. The summed E-state index contributed by atoms with van der Waals surface area (Å²) in [6, 6.07) is 4.12. The molecule has 0 bridgehead atoms. The molecule has 1 aromatic heterocycles. The van der Waals surface area contributed by atoms with Crippen molar-refractivity contribution >= 4 is 29.0 Å².